The number of ether oxygens (including phenoxy) is 1. The van der Waals surface area contributed by atoms with Gasteiger partial charge in [0.15, 0.2) is 6.61 Å². The first-order valence-electron chi connectivity index (χ1n) is 9.19. The number of carbonyl (C=O) groups is 2. The monoisotopic (exact) mass is 381 g/mol. The van der Waals surface area contributed by atoms with Gasteiger partial charge in [0.1, 0.15) is 6.33 Å². The zero-order valence-corrected chi connectivity index (χ0v) is 16.2. The van der Waals surface area contributed by atoms with Gasteiger partial charge in [0.25, 0.3) is 11.7 Å². The fraction of sp³-hybridized carbons (Fsp3) is 0.350. The lowest BCUT2D eigenvalue weighted by molar-refractivity contribution is -0.136. The molecular formula is C20H23N5O3. The molecule has 146 valence electrons. The fourth-order valence-electron chi connectivity index (χ4n) is 2.96. The van der Waals surface area contributed by atoms with E-state index in [1.165, 1.54) is 17.0 Å². The van der Waals surface area contributed by atoms with Crippen molar-refractivity contribution in [3.63, 3.8) is 0 Å². The van der Waals surface area contributed by atoms with Crippen LogP contribution in [0.4, 0.5) is 0 Å². The second-order valence-corrected chi connectivity index (χ2v) is 6.62. The van der Waals surface area contributed by atoms with E-state index < -0.39 is 5.97 Å². The molecule has 0 unspecified atom stereocenters. The number of aromatic nitrogens is 4. The maximum absolute atomic E-state index is 12.7. The van der Waals surface area contributed by atoms with Crippen molar-refractivity contribution in [2.24, 2.45) is 0 Å². The Balaban J connectivity index is 1.70. The highest BCUT2D eigenvalue weighted by Gasteiger charge is 2.22. The predicted molar refractivity (Wildman–Crippen MR) is 103 cm³/mol. The van der Waals surface area contributed by atoms with E-state index in [9.17, 15) is 9.59 Å². The summed E-state index contributed by atoms with van der Waals surface area (Å²) in [5.74, 6) is -0.433. The summed E-state index contributed by atoms with van der Waals surface area (Å²) in [6, 6.07) is 9.68. The number of esters is 1. The van der Waals surface area contributed by atoms with Crippen molar-refractivity contribution in [3.05, 3.63) is 59.7 Å². The van der Waals surface area contributed by atoms with Crippen molar-refractivity contribution < 1.29 is 14.3 Å². The zero-order valence-electron chi connectivity index (χ0n) is 16.2. The third kappa shape index (κ3) is 4.16. The molecule has 0 N–H and O–H groups in total. The number of nitrogens with zero attached hydrogens (tertiary/aromatic N) is 5. The van der Waals surface area contributed by atoms with Gasteiger partial charge in [0.05, 0.1) is 11.3 Å². The van der Waals surface area contributed by atoms with Crippen LogP contribution in [0.1, 0.15) is 42.4 Å². The lowest BCUT2D eigenvalue weighted by Crippen LogP contribution is -2.39. The van der Waals surface area contributed by atoms with Crippen LogP contribution >= 0.6 is 0 Å². The number of hydrogen-bond donors (Lipinski definition) is 0. The Hall–Kier alpha value is -3.29. The lowest BCUT2D eigenvalue weighted by Gasteiger charge is -2.26. The van der Waals surface area contributed by atoms with Crippen LogP contribution in [0.5, 0.6) is 0 Å². The number of fused-ring (bicyclic) bond motifs is 1. The van der Waals surface area contributed by atoms with Gasteiger partial charge < -0.3 is 9.64 Å². The summed E-state index contributed by atoms with van der Waals surface area (Å²) >= 11 is 0. The molecule has 3 aromatic rings. The SMILES string of the molecule is CCc1c(C(=O)OCC(=O)N(Cc2ccccc2)C(C)C)cnc2ncnn12. The van der Waals surface area contributed by atoms with E-state index >= 15 is 0 Å². The number of aryl methyl sites for hydroxylation is 1. The Labute approximate surface area is 163 Å². The van der Waals surface area contributed by atoms with E-state index in [0.29, 0.717) is 24.4 Å². The predicted octanol–water partition coefficient (Wildman–Crippen LogP) is 2.28. The second kappa shape index (κ2) is 8.60. The molecule has 0 spiro atoms. The van der Waals surface area contributed by atoms with Crippen molar-refractivity contribution in [1.29, 1.82) is 0 Å². The maximum Gasteiger partial charge on any atom is 0.342 e. The third-order valence-corrected chi connectivity index (χ3v) is 4.43. The van der Waals surface area contributed by atoms with Crippen molar-refractivity contribution in [2.45, 2.75) is 39.8 Å². The Morgan fingerprint density at radius 1 is 1.18 bits per heavy atom. The molecular weight excluding hydrogens is 358 g/mol. The van der Waals surface area contributed by atoms with E-state index in [0.717, 1.165) is 5.56 Å². The van der Waals surface area contributed by atoms with E-state index in [1.54, 1.807) is 4.90 Å². The molecule has 0 atom stereocenters. The van der Waals surface area contributed by atoms with Crippen molar-refractivity contribution in [3.8, 4) is 0 Å². The second-order valence-electron chi connectivity index (χ2n) is 6.62. The lowest BCUT2D eigenvalue weighted by atomic mass is 10.2. The van der Waals surface area contributed by atoms with Crippen LogP contribution in [-0.2, 0) is 22.5 Å². The molecule has 8 nitrogen and oxygen atoms in total. The number of benzene rings is 1. The summed E-state index contributed by atoms with van der Waals surface area (Å²) in [4.78, 5) is 35.0. The maximum atomic E-state index is 12.7. The van der Waals surface area contributed by atoms with Gasteiger partial charge in [-0.3, -0.25) is 4.79 Å². The van der Waals surface area contributed by atoms with Crippen LogP contribution in [0.15, 0.2) is 42.9 Å². The third-order valence-electron chi connectivity index (χ3n) is 4.43. The molecule has 0 bridgehead atoms. The van der Waals surface area contributed by atoms with Gasteiger partial charge in [-0.2, -0.15) is 10.1 Å². The van der Waals surface area contributed by atoms with Gasteiger partial charge in [-0.05, 0) is 25.8 Å². The number of hydrogen-bond acceptors (Lipinski definition) is 6. The van der Waals surface area contributed by atoms with Gasteiger partial charge in [0.2, 0.25) is 0 Å². The molecule has 0 saturated heterocycles. The van der Waals surface area contributed by atoms with Crippen LogP contribution in [-0.4, -0.2) is 49.0 Å². The molecule has 28 heavy (non-hydrogen) atoms. The molecule has 0 radical (unpaired) electrons. The van der Waals surface area contributed by atoms with Crippen LogP contribution in [0.2, 0.25) is 0 Å². The minimum absolute atomic E-state index is 0.0224. The summed E-state index contributed by atoms with van der Waals surface area (Å²) < 4.78 is 6.80. The summed E-state index contributed by atoms with van der Waals surface area (Å²) in [6.07, 6.45) is 3.34. The molecule has 8 heteroatoms. The molecule has 0 aliphatic rings. The van der Waals surface area contributed by atoms with Gasteiger partial charge in [0, 0.05) is 18.8 Å². The molecule has 3 rings (SSSR count). The first-order chi connectivity index (χ1) is 13.5. The fourth-order valence-corrected chi connectivity index (χ4v) is 2.96. The van der Waals surface area contributed by atoms with Crippen molar-refractivity contribution in [2.75, 3.05) is 6.61 Å². The molecule has 2 heterocycles. The highest BCUT2D eigenvalue weighted by molar-refractivity contribution is 5.92. The minimum atomic E-state index is -0.599. The van der Waals surface area contributed by atoms with E-state index in [1.807, 2.05) is 51.1 Å². The minimum Gasteiger partial charge on any atom is -0.452 e. The molecule has 0 saturated carbocycles. The van der Waals surface area contributed by atoms with Gasteiger partial charge in [-0.25, -0.2) is 14.3 Å². The Morgan fingerprint density at radius 3 is 2.61 bits per heavy atom. The first kappa shape index (κ1) is 19.5. The van der Waals surface area contributed by atoms with Gasteiger partial charge in [-0.15, -0.1) is 0 Å². The molecule has 1 aromatic carbocycles. The van der Waals surface area contributed by atoms with Crippen LogP contribution in [0, 0.1) is 0 Å². The van der Waals surface area contributed by atoms with E-state index in [2.05, 4.69) is 15.1 Å². The molecule has 0 aliphatic carbocycles. The molecule has 0 fully saturated rings. The summed E-state index contributed by atoms with van der Waals surface area (Å²) in [6.45, 7) is 5.89. The number of rotatable bonds is 7. The standard InChI is InChI=1S/C20H23N5O3/c1-4-17-16(10-21-20-22-13-23-25(17)20)19(27)28-12-18(26)24(14(2)3)11-15-8-6-5-7-9-15/h5-10,13-14H,4,11-12H2,1-3H3. The Kier molecular flexibility index (Phi) is 5.98. The topological polar surface area (TPSA) is 89.7 Å². The Bertz CT molecular complexity index is 968. The first-order valence-corrected chi connectivity index (χ1v) is 9.19. The number of amides is 1. The summed E-state index contributed by atoms with van der Waals surface area (Å²) in [7, 11) is 0. The van der Waals surface area contributed by atoms with E-state index in [4.69, 9.17) is 4.74 Å². The van der Waals surface area contributed by atoms with E-state index in [-0.39, 0.29) is 24.1 Å². The largest absolute Gasteiger partial charge is 0.452 e. The molecule has 2 aromatic heterocycles. The average Bonchev–Trinajstić information content (AvgIpc) is 3.18. The highest BCUT2D eigenvalue weighted by Crippen LogP contribution is 2.13. The molecule has 0 aliphatic heterocycles. The summed E-state index contributed by atoms with van der Waals surface area (Å²) in [5, 5.41) is 4.09. The van der Waals surface area contributed by atoms with Crippen molar-refractivity contribution >= 4 is 17.7 Å². The Morgan fingerprint density at radius 2 is 1.93 bits per heavy atom. The normalized spacial score (nSPS) is 11.0. The average molecular weight is 381 g/mol. The van der Waals surface area contributed by atoms with Crippen LogP contribution in [0.3, 0.4) is 0 Å². The van der Waals surface area contributed by atoms with Gasteiger partial charge in [-0.1, -0.05) is 37.3 Å². The quantitative estimate of drug-likeness (QED) is 0.583. The van der Waals surface area contributed by atoms with Crippen LogP contribution in [0.25, 0.3) is 5.78 Å². The molecule has 1 amide bonds. The van der Waals surface area contributed by atoms with Gasteiger partial charge >= 0.3 is 5.97 Å². The summed E-state index contributed by atoms with van der Waals surface area (Å²) in [5.41, 5.74) is 1.95. The van der Waals surface area contributed by atoms with Crippen molar-refractivity contribution in [1.82, 2.24) is 24.5 Å². The zero-order chi connectivity index (χ0) is 20.1. The highest BCUT2D eigenvalue weighted by atomic mass is 16.5. The smallest absolute Gasteiger partial charge is 0.342 e. The number of carbonyl (C=O) groups excluding carboxylic acids is 2. The van der Waals surface area contributed by atoms with Crippen LogP contribution < -0.4 is 0 Å².